The fourth-order valence-corrected chi connectivity index (χ4v) is 3.39. The van der Waals surface area contributed by atoms with Crippen LogP contribution >= 0.6 is 0 Å². The van der Waals surface area contributed by atoms with Gasteiger partial charge in [-0.05, 0) is 24.5 Å². The summed E-state index contributed by atoms with van der Waals surface area (Å²) in [5, 5.41) is 0. The molecule has 0 aromatic heterocycles. The first-order valence-corrected chi connectivity index (χ1v) is 7.57. The molecule has 1 unspecified atom stereocenters. The maximum atomic E-state index is 12.3. The van der Waals surface area contributed by atoms with E-state index in [1.807, 2.05) is 27.7 Å². The zero-order valence-electron chi connectivity index (χ0n) is 11.4. The van der Waals surface area contributed by atoms with E-state index in [2.05, 4.69) is 5.43 Å². The van der Waals surface area contributed by atoms with E-state index in [-0.39, 0.29) is 17.2 Å². The second kappa shape index (κ2) is 5.38. The van der Waals surface area contributed by atoms with Crippen molar-refractivity contribution < 1.29 is 8.42 Å². The highest BCUT2D eigenvalue weighted by atomic mass is 32.2. The van der Waals surface area contributed by atoms with Crippen molar-refractivity contribution in [2.24, 2.45) is 11.3 Å². The molecule has 0 amide bonds. The average molecular weight is 270 g/mol. The molecule has 0 aliphatic carbocycles. The SMILES string of the molecule is Cc1ccc(S(=O)(=O)CC(NN)C(C)(C)C)cc1. The van der Waals surface area contributed by atoms with Crippen LogP contribution in [0.4, 0.5) is 0 Å². The van der Waals surface area contributed by atoms with Crippen molar-refractivity contribution in [1.29, 1.82) is 0 Å². The lowest BCUT2D eigenvalue weighted by atomic mass is 9.88. The van der Waals surface area contributed by atoms with Crippen LogP contribution in [-0.4, -0.2) is 20.2 Å². The van der Waals surface area contributed by atoms with E-state index in [0.29, 0.717) is 4.90 Å². The molecule has 0 saturated carbocycles. The topological polar surface area (TPSA) is 72.2 Å². The predicted octanol–water partition coefficient (Wildman–Crippen LogP) is 1.65. The average Bonchev–Trinajstić information content (AvgIpc) is 2.25. The molecule has 1 atom stereocenters. The van der Waals surface area contributed by atoms with Gasteiger partial charge in [-0.25, -0.2) is 8.42 Å². The summed E-state index contributed by atoms with van der Waals surface area (Å²) in [5.41, 5.74) is 3.42. The van der Waals surface area contributed by atoms with Gasteiger partial charge >= 0.3 is 0 Å². The van der Waals surface area contributed by atoms with Crippen molar-refractivity contribution in [2.45, 2.75) is 38.6 Å². The van der Waals surface area contributed by atoms with Crippen LogP contribution in [0.15, 0.2) is 29.2 Å². The Kier molecular flexibility index (Phi) is 4.53. The number of sulfone groups is 1. The summed E-state index contributed by atoms with van der Waals surface area (Å²) in [5.74, 6) is 5.45. The van der Waals surface area contributed by atoms with Crippen molar-refractivity contribution >= 4 is 9.84 Å². The van der Waals surface area contributed by atoms with E-state index in [1.54, 1.807) is 24.3 Å². The Morgan fingerprint density at radius 2 is 1.72 bits per heavy atom. The first-order valence-electron chi connectivity index (χ1n) is 5.92. The fraction of sp³-hybridized carbons (Fsp3) is 0.538. The molecule has 0 heterocycles. The minimum absolute atomic E-state index is 0.00391. The molecule has 1 aromatic carbocycles. The normalized spacial score (nSPS) is 14.5. The monoisotopic (exact) mass is 270 g/mol. The van der Waals surface area contributed by atoms with Gasteiger partial charge in [0.05, 0.1) is 10.6 Å². The molecule has 0 aliphatic rings. The van der Waals surface area contributed by atoms with Crippen LogP contribution in [0.25, 0.3) is 0 Å². The maximum Gasteiger partial charge on any atom is 0.179 e. The lowest BCUT2D eigenvalue weighted by Crippen LogP contribution is -2.48. The highest BCUT2D eigenvalue weighted by Gasteiger charge is 2.29. The van der Waals surface area contributed by atoms with E-state index in [4.69, 9.17) is 5.84 Å². The van der Waals surface area contributed by atoms with Gasteiger partial charge in [0.25, 0.3) is 0 Å². The number of benzene rings is 1. The minimum Gasteiger partial charge on any atom is -0.271 e. The van der Waals surface area contributed by atoms with Crippen LogP contribution in [0.2, 0.25) is 0 Å². The molecule has 0 radical (unpaired) electrons. The third-order valence-electron chi connectivity index (χ3n) is 3.01. The lowest BCUT2D eigenvalue weighted by Gasteiger charge is -2.29. The van der Waals surface area contributed by atoms with Gasteiger partial charge in [0.2, 0.25) is 0 Å². The van der Waals surface area contributed by atoms with Crippen molar-refractivity contribution in [2.75, 3.05) is 5.75 Å². The maximum absolute atomic E-state index is 12.3. The third-order valence-corrected chi connectivity index (χ3v) is 4.78. The molecule has 5 heteroatoms. The van der Waals surface area contributed by atoms with Gasteiger partial charge in [-0.15, -0.1) is 0 Å². The predicted molar refractivity (Wildman–Crippen MR) is 73.8 cm³/mol. The Labute approximate surface area is 109 Å². The largest absolute Gasteiger partial charge is 0.271 e. The van der Waals surface area contributed by atoms with Crippen LogP contribution in [0.1, 0.15) is 26.3 Å². The Bertz CT molecular complexity index is 487. The molecule has 3 N–H and O–H groups in total. The number of hydrazine groups is 1. The molecule has 0 saturated heterocycles. The van der Waals surface area contributed by atoms with E-state index in [0.717, 1.165) is 5.56 Å². The molecular weight excluding hydrogens is 248 g/mol. The summed E-state index contributed by atoms with van der Waals surface area (Å²) in [6, 6.07) is 6.59. The molecule has 102 valence electrons. The number of nitrogens with one attached hydrogen (secondary N) is 1. The molecule has 1 rings (SSSR count). The second-order valence-corrected chi connectivity index (χ2v) is 7.71. The molecule has 0 aliphatic heterocycles. The van der Waals surface area contributed by atoms with Crippen molar-refractivity contribution in [3.05, 3.63) is 29.8 Å². The first-order chi connectivity index (χ1) is 8.16. The molecule has 0 bridgehead atoms. The van der Waals surface area contributed by atoms with Crippen LogP contribution in [0.3, 0.4) is 0 Å². The summed E-state index contributed by atoms with van der Waals surface area (Å²) in [6.45, 7) is 7.81. The minimum atomic E-state index is -3.31. The highest BCUT2D eigenvalue weighted by Crippen LogP contribution is 2.22. The number of rotatable bonds is 4. The second-order valence-electron chi connectivity index (χ2n) is 5.68. The van der Waals surface area contributed by atoms with Gasteiger partial charge < -0.3 is 0 Å². The Morgan fingerprint density at radius 3 is 2.11 bits per heavy atom. The van der Waals surface area contributed by atoms with Gasteiger partial charge in [0, 0.05) is 6.04 Å². The molecule has 18 heavy (non-hydrogen) atoms. The standard InChI is InChI=1S/C13H22N2O2S/c1-10-5-7-11(8-6-10)18(16,17)9-12(15-14)13(2,3)4/h5-8,12,15H,9,14H2,1-4H3. The molecule has 4 nitrogen and oxygen atoms in total. The third kappa shape index (κ3) is 3.80. The first kappa shape index (κ1) is 15.1. The van der Waals surface area contributed by atoms with Crippen LogP contribution in [0, 0.1) is 12.3 Å². The van der Waals surface area contributed by atoms with E-state index in [9.17, 15) is 8.42 Å². The van der Waals surface area contributed by atoms with Crippen LogP contribution in [-0.2, 0) is 9.84 Å². The summed E-state index contributed by atoms with van der Waals surface area (Å²) >= 11 is 0. The van der Waals surface area contributed by atoms with E-state index >= 15 is 0 Å². The van der Waals surface area contributed by atoms with Gasteiger partial charge in [-0.3, -0.25) is 11.3 Å². The number of nitrogens with two attached hydrogens (primary N) is 1. The Hall–Kier alpha value is -0.910. The molecule has 0 spiro atoms. The van der Waals surface area contributed by atoms with Crippen molar-refractivity contribution in [3.8, 4) is 0 Å². The van der Waals surface area contributed by atoms with Crippen molar-refractivity contribution in [3.63, 3.8) is 0 Å². The van der Waals surface area contributed by atoms with Gasteiger partial charge in [0.1, 0.15) is 0 Å². The van der Waals surface area contributed by atoms with Gasteiger partial charge in [-0.2, -0.15) is 0 Å². The highest BCUT2D eigenvalue weighted by molar-refractivity contribution is 7.91. The van der Waals surface area contributed by atoms with E-state index < -0.39 is 9.84 Å². The molecular formula is C13H22N2O2S. The number of aryl methyl sites for hydroxylation is 1. The summed E-state index contributed by atoms with van der Waals surface area (Å²) in [6.07, 6.45) is 0. The van der Waals surface area contributed by atoms with E-state index in [1.165, 1.54) is 0 Å². The smallest absolute Gasteiger partial charge is 0.179 e. The summed E-state index contributed by atoms with van der Waals surface area (Å²) in [7, 11) is -3.31. The van der Waals surface area contributed by atoms with Crippen LogP contribution < -0.4 is 11.3 Å². The zero-order valence-corrected chi connectivity index (χ0v) is 12.2. The van der Waals surface area contributed by atoms with Gasteiger partial charge in [-0.1, -0.05) is 38.5 Å². The Balaban J connectivity index is 2.98. The zero-order chi connectivity index (χ0) is 14.0. The summed E-state index contributed by atoms with van der Waals surface area (Å²) < 4.78 is 24.5. The quantitative estimate of drug-likeness (QED) is 0.644. The Morgan fingerprint density at radius 1 is 1.22 bits per heavy atom. The number of hydrogen-bond donors (Lipinski definition) is 2. The lowest BCUT2D eigenvalue weighted by molar-refractivity contribution is 0.291. The van der Waals surface area contributed by atoms with Crippen molar-refractivity contribution in [1.82, 2.24) is 5.43 Å². The number of hydrogen-bond acceptors (Lipinski definition) is 4. The molecule has 0 fully saturated rings. The molecule has 1 aromatic rings. The van der Waals surface area contributed by atoms with Gasteiger partial charge in [0.15, 0.2) is 9.84 Å². The van der Waals surface area contributed by atoms with Crippen LogP contribution in [0.5, 0.6) is 0 Å². The summed E-state index contributed by atoms with van der Waals surface area (Å²) in [4.78, 5) is 0.345. The fourth-order valence-electron chi connectivity index (χ4n) is 1.61.